The van der Waals surface area contributed by atoms with Crippen LogP contribution < -0.4 is 4.74 Å². The summed E-state index contributed by atoms with van der Waals surface area (Å²) < 4.78 is 22.4. The van der Waals surface area contributed by atoms with Gasteiger partial charge in [0.1, 0.15) is 18.5 Å². The Balaban J connectivity index is 1.28. The van der Waals surface area contributed by atoms with E-state index in [2.05, 4.69) is 9.97 Å². The molecule has 1 fully saturated rings. The van der Waals surface area contributed by atoms with Crippen molar-refractivity contribution in [1.82, 2.24) is 19.1 Å². The quantitative estimate of drug-likeness (QED) is 0.437. The Morgan fingerprint density at radius 1 is 1.06 bits per heavy atom. The lowest BCUT2D eigenvalue weighted by molar-refractivity contribution is -0.189. The molecular weight excluding hydrogens is 416 g/mol. The van der Waals surface area contributed by atoms with Gasteiger partial charge in [-0.15, -0.1) is 0 Å². The van der Waals surface area contributed by atoms with Gasteiger partial charge in [0, 0.05) is 41.1 Å². The topological polar surface area (TPSA) is 63.3 Å². The van der Waals surface area contributed by atoms with Gasteiger partial charge < -0.3 is 23.3 Å². The number of hydrogen-bond donors (Lipinski definition) is 0. The number of aromatic nitrogens is 4. The largest absolute Gasteiger partial charge is 0.491 e. The SMILES string of the molecule is Clc1cccc([C@]2(Cn3ccnc3)OC[C@H](COc3ccc(-n4ccnc4)cc3)O2)c1. The zero-order valence-electron chi connectivity index (χ0n) is 16.7. The van der Waals surface area contributed by atoms with Crippen molar-refractivity contribution in [2.75, 3.05) is 13.2 Å². The molecule has 3 heterocycles. The molecular formula is C23H21ClN4O3. The number of halogens is 1. The number of hydrogen-bond acceptors (Lipinski definition) is 5. The smallest absolute Gasteiger partial charge is 0.214 e. The third-order valence-corrected chi connectivity index (χ3v) is 5.38. The average molecular weight is 437 g/mol. The van der Waals surface area contributed by atoms with Crippen LogP contribution in [0.15, 0.2) is 86.0 Å². The molecule has 2 atom stereocenters. The van der Waals surface area contributed by atoms with Crippen LogP contribution in [0.2, 0.25) is 5.02 Å². The fraction of sp³-hybridized carbons (Fsp3) is 0.217. The Morgan fingerprint density at radius 3 is 2.65 bits per heavy atom. The average Bonchev–Trinajstić information content (AvgIpc) is 3.56. The van der Waals surface area contributed by atoms with Crippen molar-refractivity contribution in [2.45, 2.75) is 18.4 Å². The minimum atomic E-state index is -0.953. The lowest BCUT2D eigenvalue weighted by Crippen LogP contribution is -2.34. The molecule has 5 rings (SSSR count). The third-order valence-electron chi connectivity index (χ3n) is 5.15. The highest BCUT2D eigenvalue weighted by atomic mass is 35.5. The van der Waals surface area contributed by atoms with Gasteiger partial charge in [0.25, 0.3) is 0 Å². The van der Waals surface area contributed by atoms with Crippen LogP contribution in [0.4, 0.5) is 0 Å². The van der Waals surface area contributed by atoms with E-state index in [1.807, 2.05) is 70.1 Å². The number of benzene rings is 2. The van der Waals surface area contributed by atoms with E-state index in [9.17, 15) is 0 Å². The van der Waals surface area contributed by atoms with E-state index >= 15 is 0 Å². The van der Waals surface area contributed by atoms with Gasteiger partial charge in [0.05, 0.1) is 25.8 Å². The first-order chi connectivity index (χ1) is 15.2. The zero-order valence-corrected chi connectivity index (χ0v) is 17.4. The molecule has 1 aliphatic heterocycles. The lowest BCUT2D eigenvalue weighted by atomic mass is 10.1. The van der Waals surface area contributed by atoms with Crippen LogP contribution in [0, 0.1) is 0 Å². The second-order valence-corrected chi connectivity index (χ2v) is 7.76. The summed E-state index contributed by atoms with van der Waals surface area (Å²) in [6.07, 6.45) is 10.5. The van der Waals surface area contributed by atoms with Crippen molar-refractivity contribution in [2.24, 2.45) is 0 Å². The summed E-state index contributed by atoms with van der Waals surface area (Å²) in [5.74, 6) is -0.187. The van der Waals surface area contributed by atoms with Crippen molar-refractivity contribution >= 4 is 11.6 Å². The van der Waals surface area contributed by atoms with Crippen LogP contribution in [0.3, 0.4) is 0 Å². The van der Waals surface area contributed by atoms with E-state index in [1.165, 1.54) is 0 Å². The predicted octanol–water partition coefficient (Wildman–Crippen LogP) is 4.07. The Hall–Kier alpha value is -3.13. The van der Waals surface area contributed by atoms with E-state index in [4.69, 9.17) is 25.8 Å². The first-order valence-corrected chi connectivity index (χ1v) is 10.3. The molecule has 0 saturated carbocycles. The molecule has 0 unspecified atom stereocenters. The van der Waals surface area contributed by atoms with Crippen LogP contribution in [0.5, 0.6) is 5.75 Å². The summed E-state index contributed by atoms with van der Waals surface area (Å²) in [6.45, 7) is 1.24. The zero-order chi connectivity index (χ0) is 21.1. The molecule has 31 heavy (non-hydrogen) atoms. The van der Waals surface area contributed by atoms with Gasteiger partial charge in [0.15, 0.2) is 0 Å². The normalized spacial score (nSPS) is 20.7. The predicted molar refractivity (Wildman–Crippen MR) is 115 cm³/mol. The first-order valence-electron chi connectivity index (χ1n) is 9.95. The Morgan fingerprint density at radius 2 is 1.90 bits per heavy atom. The molecule has 8 heteroatoms. The maximum Gasteiger partial charge on any atom is 0.214 e. The lowest BCUT2D eigenvalue weighted by Gasteiger charge is -2.29. The molecule has 0 amide bonds. The maximum absolute atomic E-state index is 6.40. The van der Waals surface area contributed by atoms with Crippen LogP contribution in [0.25, 0.3) is 5.69 Å². The van der Waals surface area contributed by atoms with Gasteiger partial charge >= 0.3 is 0 Å². The third kappa shape index (κ3) is 4.34. The van der Waals surface area contributed by atoms with Gasteiger partial charge in [-0.1, -0.05) is 23.7 Å². The van der Waals surface area contributed by atoms with Crippen molar-refractivity contribution in [3.63, 3.8) is 0 Å². The molecule has 7 nitrogen and oxygen atoms in total. The Kier molecular flexibility index (Phi) is 5.46. The highest BCUT2D eigenvalue weighted by Crippen LogP contribution is 2.37. The first kappa shape index (κ1) is 19.8. The summed E-state index contributed by atoms with van der Waals surface area (Å²) in [4.78, 5) is 8.19. The summed E-state index contributed by atoms with van der Waals surface area (Å²) in [5.41, 5.74) is 1.88. The van der Waals surface area contributed by atoms with Gasteiger partial charge in [-0.25, -0.2) is 9.97 Å². The fourth-order valence-electron chi connectivity index (χ4n) is 3.63. The molecule has 0 radical (unpaired) electrons. The standard InChI is InChI=1S/C23H21ClN4O3/c24-19-3-1-2-18(12-19)23(15-27-10-8-25-16-27)30-14-22(31-23)13-29-21-6-4-20(5-7-21)28-11-9-26-17-28/h1-12,16-17,22H,13-15H2/t22-,23+/m0/s1. The van der Waals surface area contributed by atoms with Crippen LogP contribution in [0.1, 0.15) is 5.56 Å². The fourth-order valence-corrected chi connectivity index (χ4v) is 3.82. The van der Waals surface area contributed by atoms with Gasteiger partial charge in [-0.3, -0.25) is 0 Å². The molecule has 4 aromatic rings. The van der Waals surface area contributed by atoms with Gasteiger partial charge in [-0.2, -0.15) is 0 Å². The number of imidazole rings is 2. The van der Waals surface area contributed by atoms with Crippen LogP contribution >= 0.6 is 11.6 Å². The van der Waals surface area contributed by atoms with Gasteiger partial charge in [0.2, 0.25) is 5.79 Å². The summed E-state index contributed by atoms with van der Waals surface area (Å²) in [6, 6.07) is 15.4. The maximum atomic E-state index is 6.40. The summed E-state index contributed by atoms with van der Waals surface area (Å²) in [7, 11) is 0. The monoisotopic (exact) mass is 436 g/mol. The number of rotatable bonds is 7. The molecule has 0 aliphatic carbocycles. The van der Waals surface area contributed by atoms with Crippen molar-refractivity contribution < 1.29 is 14.2 Å². The van der Waals surface area contributed by atoms with E-state index in [0.29, 0.717) is 24.8 Å². The molecule has 0 spiro atoms. The number of ether oxygens (including phenoxy) is 3. The van der Waals surface area contributed by atoms with E-state index in [1.54, 1.807) is 25.0 Å². The van der Waals surface area contributed by atoms with E-state index in [-0.39, 0.29) is 6.10 Å². The Bertz CT molecular complexity index is 1120. The van der Waals surface area contributed by atoms with Crippen LogP contribution in [-0.2, 0) is 21.8 Å². The Labute approximate surface area is 184 Å². The number of nitrogens with zero attached hydrogens (tertiary/aromatic N) is 4. The minimum Gasteiger partial charge on any atom is -0.491 e. The highest BCUT2D eigenvalue weighted by molar-refractivity contribution is 6.30. The van der Waals surface area contributed by atoms with Crippen molar-refractivity contribution in [3.8, 4) is 11.4 Å². The van der Waals surface area contributed by atoms with Gasteiger partial charge in [-0.05, 0) is 36.4 Å². The van der Waals surface area contributed by atoms with E-state index in [0.717, 1.165) is 17.0 Å². The second-order valence-electron chi connectivity index (χ2n) is 7.32. The van der Waals surface area contributed by atoms with Crippen molar-refractivity contribution in [3.05, 3.63) is 96.6 Å². The van der Waals surface area contributed by atoms with Crippen molar-refractivity contribution in [1.29, 1.82) is 0 Å². The summed E-state index contributed by atoms with van der Waals surface area (Å²) >= 11 is 6.23. The molecule has 1 saturated heterocycles. The van der Waals surface area contributed by atoms with E-state index < -0.39 is 5.79 Å². The second kappa shape index (κ2) is 8.55. The van der Waals surface area contributed by atoms with Crippen LogP contribution in [-0.4, -0.2) is 38.4 Å². The molecule has 1 aliphatic rings. The molecule has 2 aromatic heterocycles. The highest BCUT2D eigenvalue weighted by Gasteiger charge is 2.44. The molecule has 2 aromatic carbocycles. The molecule has 158 valence electrons. The molecule has 0 N–H and O–H groups in total. The minimum absolute atomic E-state index is 0.226. The molecule has 0 bridgehead atoms. The summed E-state index contributed by atoms with van der Waals surface area (Å²) in [5, 5.41) is 0.632.